The zero-order valence-corrected chi connectivity index (χ0v) is 23.1. The molecule has 3 atom stereocenters. The number of carbonyl (C=O) groups is 4. The third-order valence-electron chi connectivity index (χ3n) is 6.73. The summed E-state index contributed by atoms with van der Waals surface area (Å²) in [7, 11) is 0. The Kier molecular flexibility index (Phi) is 10.9. The number of nitrogens with one attached hydrogen (secondary N) is 4. The lowest BCUT2D eigenvalue weighted by molar-refractivity contribution is -0.141. The highest BCUT2D eigenvalue weighted by Crippen LogP contribution is 2.23. The van der Waals surface area contributed by atoms with Gasteiger partial charge < -0.3 is 21.3 Å². The van der Waals surface area contributed by atoms with Crippen molar-refractivity contribution in [1.29, 1.82) is 0 Å². The molecule has 1 aromatic carbocycles. The average molecular weight is 513 g/mol. The molecule has 0 saturated heterocycles. The van der Waals surface area contributed by atoms with E-state index in [2.05, 4.69) is 27.8 Å². The number of ketones is 1. The predicted octanol–water partition coefficient (Wildman–Crippen LogP) is 3.33. The van der Waals surface area contributed by atoms with Gasteiger partial charge in [-0.25, -0.2) is 0 Å². The molecular weight excluding hydrogens is 468 g/mol. The normalized spacial score (nSPS) is 16.7. The predicted molar refractivity (Wildman–Crippen MR) is 146 cm³/mol. The van der Waals surface area contributed by atoms with Crippen molar-refractivity contribution < 1.29 is 19.2 Å². The van der Waals surface area contributed by atoms with Gasteiger partial charge in [-0.2, -0.15) is 0 Å². The summed E-state index contributed by atoms with van der Waals surface area (Å²) in [5.74, 6) is -2.52. The average Bonchev–Trinajstić information content (AvgIpc) is 2.85. The molecule has 1 aliphatic carbocycles. The van der Waals surface area contributed by atoms with Gasteiger partial charge in [-0.15, -0.1) is 0 Å². The van der Waals surface area contributed by atoms with Gasteiger partial charge in [0.2, 0.25) is 17.6 Å². The van der Waals surface area contributed by atoms with Gasteiger partial charge in [-0.3, -0.25) is 19.2 Å². The molecule has 3 amide bonds. The van der Waals surface area contributed by atoms with Crippen molar-refractivity contribution in [2.75, 3.05) is 0 Å². The molecule has 0 aliphatic heterocycles. The number of hydrogen-bond donors (Lipinski definition) is 4. The zero-order valence-electron chi connectivity index (χ0n) is 23.1. The Morgan fingerprint density at radius 2 is 1.46 bits per heavy atom. The minimum atomic E-state index is -0.982. The molecule has 1 aliphatic rings. The van der Waals surface area contributed by atoms with Gasteiger partial charge >= 0.3 is 0 Å². The first-order chi connectivity index (χ1) is 17.3. The highest BCUT2D eigenvalue weighted by molar-refractivity contribution is 6.38. The van der Waals surface area contributed by atoms with Crippen molar-refractivity contribution in [3.63, 3.8) is 0 Å². The monoisotopic (exact) mass is 512 g/mol. The Labute approximate surface area is 221 Å². The maximum Gasteiger partial charge on any atom is 0.289 e. The molecule has 1 aromatic rings. The van der Waals surface area contributed by atoms with E-state index in [0.29, 0.717) is 5.70 Å². The van der Waals surface area contributed by atoms with Crippen LogP contribution in [-0.2, 0) is 19.2 Å². The lowest BCUT2D eigenvalue weighted by Gasteiger charge is -2.33. The molecule has 8 heteroatoms. The molecule has 204 valence electrons. The van der Waals surface area contributed by atoms with E-state index >= 15 is 0 Å². The Balaban J connectivity index is 2.02. The second kappa shape index (κ2) is 13.4. The molecular formula is C29H44N4O4. The molecule has 1 fully saturated rings. The van der Waals surface area contributed by atoms with Crippen molar-refractivity contribution in [2.45, 2.75) is 97.8 Å². The Hall–Kier alpha value is -3.16. The first-order valence-corrected chi connectivity index (χ1v) is 13.3. The molecule has 0 radical (unpaired) electrons. The molecule has 0 bridgehead atoms. The fraction of sp³-hybridized carbons (Fsp3) is 0.586. The van der Waals surface area contributed by atoms with Crippen molar-refractivity contribution in [3.05, 3.63) is 42.5 Å². The topological polar surface area (TPSA) is 116 Å². The molecule has 1 saturated carbocycles. The smallest absolute Gasteiger partial charge is 0.289 e. The fourth-order valence-electron chi connectivity index (χ4n) is 4.39. The van der Waals surface area contributed by atoms with E-state index in [4.69, 9.17) is 0 Å². The molecule has 4 N–H and O–H groups in total. The third kappa shape index (κ3) is 9.02. The van der Waals surface area contributed by atoms with E-state index < -0.39 is 41.1 Å². The zero-order chi connectivity index (χ0) is 27.8. The lowest BCUT2D eigenvalue weighted by Crippen LogP contribution is -2.58. The summed E-state index contributed by atoms with van der Waals surface area (Å²) in [5, 5.41) is 11.5. The summed E-state index contributed by atoms with van der Waals surface area (Å²) in [6.45, 7) is 14.9. The van der Waals surface area contributed by atoms with E-state index in [-0.39, 0.29) is 17.9 Å². The Morgan fingerprint density at radius 1 is 0.865 bits per heavy atom. The highest BCUT2D eigenvalue weighted by atomic mass is 16.2. The minimum absolute atomic E-state index is 0.000561. The van der Waals surface area contributed by atoms with Gasteiger partial charge in [0, 0.05) is 11.7 Å². The quantitative estimate of drug-likeness (QED) is 0.340. The van der Waals surface area contributed by atoms with Gasteiger partial charge in [-0.1, -0.05) is 90.8 Å². The van der Waals surface area contributed by atoms with Gasteiger partial charge in [0.1, 0.15) is 12.1 Å². The Morgan fingerprint density at radius 3 is 2.00 bits per heavy atom. The van der Waals surface area contributed by atoms with Gasteiger partial charge in [0.15, 0.2) is 0 Å². The van der Waals surface area contributed by atoms with Crippen LogP contribution in [0.4, 0.5) is 0 Å². The minimum Gasteiger partial charge on any atom is -0.373 e. The van der Waals surface area contributed by atoms with E-state index in [1.165, 1.54) is 0 Å². The van der Waals surface area contributed by atoms with Crippen molar-refractivity contribution in [1.82, 2.24) is 21.3 Å². The molecule has 0 aromatic heterocycles. The largest absolute Gasteiger partial charge is 0.373 e. The summed E-state index contributed by atoms with van der Waals surface area (Å²) in [6.07, 6.45) is 4.93. The molecule has 2 rings (SSSR count). The molecule has 0 spiro atoms. The van der Waals surface area contributed by atoms with Crippen LogP contribution in [0.25, 0.3) is 5.70 Å². The summed E-state index contributed by atoms with van der Waals surface area (Å²) in [5.41, 5.74) is 0.980. The van der Waals surface area contributed by atoms with Crippen LogP contribution in [0.1, 0.15) is 79.2 Å². The first-order valence-electron chi connectivity index (χ1n) is 13.3. The van der Waals surface area contributed by atoms with Crippen molar-refractivity contribution >= 4 is 29.2 Å². The van der Waals surface area contributed by atoms with Gasteiger partial charge in [0.25, 0.3) is 5.91 Å². The van der Waals surface area contributed by atoms with Crippen LogP contribution < -0.4 is 21.3 Å². The molecule has 0 heterocycles. The van der Waals surface area contributed by atoms with Crippen LogP contribution in [-0.4, -0.2) is 47.7 Å². The van der Waals surface area contributed by atoms with E-state index in [1.807, 2.05) is 51.1 Å². The maximum atomic E-state index is 13.2. The van der Waals surface area contributed by atoms with Gasteiger partial charge in [-0.05, 0) is 36.7 Å². The summed E-state index contributed by atoms with van der Waals surface area (Å²) in [4.78, 5) is 51.7. The number of hydrogen-bond acceptors (Lipinski definition) is 5. The summed E-state index contributed by atoms with van der Waals surface area (Å²) in [6, 6.07) is 6.92. The second-order valence-corrected chi connectivity index (χ2v) is 11.4. The first kappa shape index (κ1) is 30.1. The second-order valence-electron chi connectivity index (χ2n) is 11.4. The van der Waals surface area contributed by atoms with Crippen LogP contribution in [0.5, 0.6) is 0 Å². The van der Waals surface area contributed by atoms with Crippen molar-refractivity contribution in [2.24, 2.45) is 11.3 Å². The standard InChI is InChI=1S/C29H44N4O4/c1-18(2)23(24(34)27(36)32-22-16-12-9-13-17-22)33-26(35)20(4)31-28(37)25(29(5,6)7)30-19(3)21-14-10-8-11-15-21/h8,10-11,14-15,18,20,22-23,25,30H,3,9,12-13,16-17H2,1-2,4-7H3,(H,31,37)(H,32,36)(H,33,35)/t20-,23+,25+/m0/s1. The van der Waals surface area contributed by atoms with Crippen LogP contribution in [0.15, 0.2) is 36.9 Å². The van der Waals surface area contributed by atoms with Crippen LogP contribution in [0.3, 0.4) is 0 Å². The fourth-order valence-corrected chi connectivity index (χ4v) is 4.39. The summed E-state index contributed by atoms with van der Waals surface area (Å²) >= 11 is 0. The number of Topliss-reactive ketones (excluding diaryl/α,β-unsaturated/α-hetero) is 1. The third-order valence-corrected chi connectivity index (χ3v) is 6.73. The molecule has 8 nitrogen and oxygen atoms in total. The Bertz CT molecular complexity index is 962. The van der Waals surface area contributed by atoms with Crippen LogP contribution in [0.2, 0.25) is 0 Å². The van der Waals surface area contributed by atoms with Crippen molar-refractivity contribution in [3.8, 4) is 0 Å². The number of benzene rings is 1. The SMILES string of the molecule is C=C(N[C@H](C(=O)N[C@@H](C)C(=O)N[C@@H](C(=O)C(=O)NC1CCCCC1)C(C)C)C(C)(C)C)c1ccccc1. The maximum absolute atomic E-state index is 13.2. The number of rotatable bonds is 11. The number of amides is 3. The summed E-state index contributed by atoms with van der Waals surface area (Å²) < 4.78 is 0. The van der Waals surface area contributed by atoms with Crippen LogP contribution in [0, 0.1) is 11.3 Å². The highest BCUT2D eigenvalue weighted by Gasteiger charge is 2.35. The van der Waals surface area contributed by atoms with E-state index in [9.17, 15) is 19.2 Å². The number of carbonyl (C=O) groups excluding carboxylic acids is 4. The van der Waals surface area contributed by atoms with Gasteiger partial charge in [0.05, 0.1) is 6.04 Å². The molecule has 0 unspecified atom stereocenters. The van der Waals surface area contributed by atoms with Crippen LogP contribution >= 0.6 is 0 Å². The van der Waals surface area contributed by atoms with E-state index in [1.54, 1.807) is 20.8 Å². The molecule has 37 heavy (non-hydrogen) atoms. The van der Waals surface area contributed by atoms with E-state index in [0.717, 1.165) is 37.7 Å². The lowest BCUT2D eigenvalue weighted by atomic mass is 9.85.